The van der Waals surface area contributed by atoms with Gasteiger partial charge in [0.2, 0.25) is 5.95 Å². The standard InChI is InChI=1S/C21H28N4O/c1-2-19-12-6-7-14-25(19)21-23-15-18(16-24-21)20(26)22-13-8-11-17-9-4-3-5-10-17/h3-5,9-10,15-16,19H,2,6-8,11-14H2,1H3,(H,22,26). The number of anilines is 1. The molecule has 2 aromatic rings. The van der Waals surface area contributed by atoms with E-state index in [0.717, 1.165) is 31.8 Å². The highest BCUT2D eigenvalue weighted by Gasteiger charge is 2.23. The number of carbonyl (C=O) groups excluding carboxylic acids is 1. The number of nitrogens with zero attached hydrogens (tertiary/aromatic N) is 3. The Hall–Kier alpha value is -2.43. The van der Waals surface area contributed by atoms with Crippen LogP contribution in [-0.2, 0) is 6.42 Å². The molecule has 1 saturated heterocycles. The van der Waals surface area contributed by atoms with Crippen molar-refractivity contribution in [2.45, 2.75) is 51.5 Å². The van der Waals surface area contributed by atoms with E-state index in [0.29, 0.717) is 18.2 Å². The summed E-state index contributed by atoms with van der Waals surface area (Å²) in [6.45, 7) is 3.86. The van der Waals surface area contributed by atoms with E-state index in [9.17, 15) is 4.79 Å². The molecule has 0 radical (unpaired) electrons. The third-order valence-electron chi connectivity index (χ3n) is 5.03. The van der Waals surface area contributed by atoms with E-state index in [1.54, 1.807) is 12.4 Å². The molecule has 1 fully saturated rings. The van der Waals surface area contributed by atoms with Gasteiger partial charge in [-0.25, -0.2) is 9.97 Å². The molecule has 3 rings (SSSR count). The summed E-state index contributed by atoms with van der Waals surface area (Å²) in [6.07, 6.45) is 9.94. The van der Waals surface area contributed by atoms with Crippen molar-refractivity contribution in [3.8, 4) is 0 Å². The lowest BCUT2D eigenvalue weighted by atomic mass is 10.0. The molecule has 1 aromatic carbocycles. The number of benzene rings is 1. The molecule has 1 N–H and O–H groups in total. The zero-order valence-electron chi connectivity index (χ0n) is 15.5. The first-order chi connectivity index (χ1) is 12.8. The van der Waals surface area contributed by atoms with Crippen molar-refractivity contribution in [1.29, 1.82) is 0 Å². The maximum Gasteiger partial charge on any atom is 0.254 e. The first-order valence-electron chi connectivity index (χ1n) is 9.68. The SMILES string of the molecule is CCC1CCCCN1c1ncc(C(=O)NCCCc2ccccc2)cn1. The van der Waals surface area contributed by atoms with E-state index in [2.05, 4.69) is 39.2 Å². The Bertz CT molecular complexity index is 687. The minimum Gasteiger partial charge on any atom is -0.352 e. The van der Waals surface area contributed by atoms with Gasteiger partial charge in [-0.3, -0.25) is 4.79 Å². The fraction of sp³-hybridized carbons (Fsp3) is 0.476. The fourth-order valence-electron chi connectivity index (χ4n) is 3.52. The van der Waals surface area contributed by atoms with E-state index in [1.165, 1.54) is 24.8 Å². The lowest BCUT2D eigenvalue weighted by molar-refractivity contribution is 0.0952. The van der Waals surface area contributed by atoms with E-state index in [4.69, 9.17) is 0 Å². The van der Waals surface area contributed by atoms with Gasteiger partial charge in [-0.15, -0.1) is 0 Å². The van der Waals surface area contributed by atoms with Crippen molar-refractivity contribution in [2.24, 2.45) is 0 Å². The molecule has 0 bridgehead atoms. The van der Waals surface area contributed by atoms with Gasteiger partial charge in [0.25, 0.3) is 5.91 Å². The summed E-state index contributed by atoms with van der Waals surface area (Å²) < 4.78 is 0. The van der Waals surface area contributed by atoms with Crippen LogP contribution in [-0.4, -0.2) is 35.0 Å². The van der Waals surface area contributed by atoms with Crippen molar-refractivity contribution in [3.05, 3.63) is 53.9 Å². The molecular weight excluding hydrogens is 324 g/mol. The number of hydrogen-bond donors (Lipinski definition) is 1. The Morgan fingerprint density at radius 2 is 1.96 bits per heavy atom. The van der Waals surface area contributed by atoms with Gasteiger partial charge >= 0.3 is 0 Å². The van der Waals surface area contributed by atoms with Crippen molar-refractivity contribution in [2.75, 3.05) is 18.0 Å². The Morgan fingerprint density at radius 1 is 1.19 bits per heavy atom. The largest absolute Gasteiger partial charge is 0.352 e. The molecule has 138 valence electrons. The molecule has 0 spiro atoms. The van der Waals surface area contributed by atoms with Crippen LogP contribution in [0.1, 0.15) is 54.9 Å². The number of carbonyl (C=O) groups is 1. The van der Waals surface area contributed by atoms with Gasteiger partial charge in [0.15, 0.2) is 0 Å². The predicted molar refractivity (Wildman–Crippen MR) is 104 cm³/mol. The quantitative estimate of drug-likeness (QED) is 0.774. The summed E-state index contributed by atoms with van der Waals surface area (Å²) in [7, 11) is 0. The molecule has 1 aliphatic heterocycles. The minimum absolute atomic E-state index is 0.102. The molecule has 1 unspecified atom stereocenters. The summed E-state index contributed by atoms with van der Waals surface area (Å²) in [6, 6.07) is 10.8. The van der Waals surface area contributed by atoms with Crippen molar-refractivity contribution in [1.82, 2.24) is 15.3 Å². The van der Waals surface area contributed by atoms with Gasteiger partial charge in [-0.05, 0) is 44.1 Å². The van der Waals surface area contributed by atoms with E-state index < -0.39 is 0 Å². The zero-order chi connectivity index (χ0) is 18.2. The summed E-state index contributed by atoms with van der Waals surface area (Å²) in [5.74, 6) is 0.646. The van der Waals surface area contributed by atoms with Crippen LogP contribution in [0.5, 0.6) is 0 Å². The van der Waals surface area contributed by atoms with Gasteiger partial charge in [-0.1, -0.05) is 37.3 Å². The molecule has 2 heterocycles. The summed E-state index contributed by atoms with van der Waals surface area (Å²) in [4.78, 5) is 23.4. The third kappa shape index (κ3) is 4.81. The van der Waals surface area contributed by atoms with E-state index >= 15 is 0 Å². The molecule has 1 atom stereocenters. The molecule has 1 aromatic heterocycles. The lowest BCUT2D eigenvalue weighted by Crippen LogP contribution is -2.40. The molecule has 26 heavy (non-hydrogen) atoms. The van der Waals surface area contributed by atoms with E-state index in [1.807, 2.05) is 18.2 Å². The second-order valence-corrected chi connectivity index (χ2v) is 6.87. The van der Waals surface area contributed by atoms with Crippen LogP contribution in [0, 0.1) is 0 Å². The van der Waals surface area contributed by atoms with Crippen LogP contribution in [0.15, 0.2) is 42.7 Å². The average Bonchev–Trinajstić information content (AvgIpc) is 2.72. The Labute approximate surface area is 155 Å². The van der Waals surface area contributed by atoms with Crippen LogP contribution in [0.2, 0.25) is 0 Å². The second-order valence-electron chi connectivity index (χ2n) is 6.87. The molecule has 1 amide bonds. The Balaban J connectivity index is 1.49. The number of hydrogen-bond acceptors (Lipinski definition) is 4. The molecule has 0 aliphatic carbocycles. The highest BCUT2D eigenvalue weighted by Crippen LogP contribution is 2.23. The van der Waals surface area contributed by atoms with Crippen LogP contribution in [0.4, 0.5) is 5.95 Å². The lowest BCUT2D eigenvalue weighted by Gasteiger charge is -2.35. The maximum atomic E-state index is 12.3. The van der Waals surface area contributed by atoms with Gasteiger partial charge in [-0.2, -0.15) is 0 Å². The number of aromatic nitrogens is 2. The molecule has 5 nitrogen and oxygen atoms in total. The first-order valence-corrected chi connectivity index (χ1v) is 9.68. The average molecular weight is 352 g/mol. The Kier molecular flexibility index (Phi) is 6.58. The summed E-state index contributed by atoms with van der Waals surface area (Å²) in [5, 5.41) is 2.96. The van der Waals surface area contributed by atoms with Crippen molar-refractivity contribution < 1.29 is 4.79 Å². The molecule has 1 aliphatic rings. The number of nitrogens with one attached hydrogen (secondary N) is 1. The van der Waals surface area contributed by atoms with Crippen LogP contribution in [0.25, 0.3) is 0 Å². The second kappa shape index (κ2) is 9.32. The molecule has 5 heteroatoms. The van der Waals surface area contributed by atoms with Crippen LogP contribution in [0.3, 0.4) is 0 Å². The van der Waals surface area contributed by atoms with E-state index in [-0.39, 0.29) is 5.91 Å². The Morgan fingerprint density at radius 3 is 2.69 bits per heavy atom. The number of rotatable bonds is 7. The number of piperidine rings is 1. The zero-order valence-corrected chi connectivity index (χ0v) is 15.5. The van der Waals surface area contributed by atoms with Gasteiger partial charge in [0.1, 0.15) is 0 Å². The van der Waals surface area contributed by atoms with Crippen molar-refractivity contribution >= 4 is 11.9 Å². The summed E-state index contributed by atoms with van der Waals surface area (Å²) in [5.41, 5.74) is 1.82. The van der Waals surface area contributed by atoms with Gasteiger partial charge in [0, 0.05) is 31.5 Å². The molecular formula is C21H28N4O. The maximum absolute atomic E-state index is 12.3. The van der Waals surface area contributed by atoms with Crippen LogP contribution < -0.4 is 10.2 Å². The van der Waals surface area contributed by atoms with Gasteiger partial charge in [0.05, 0.1) is 5.56 Å². The smallest absolute Gasteiger partial charge is 0.254 e. The monoisotopic (exact) mass is 352 g/mol. The number of amides is 1. The molecule has 0 saturated carbocycles. The highest BCUT2D eigenvalue weighted by atomic mass is 16.1. The van der Waals surface area contributed by atoms with Crippen LogP contribution >= 0.6 is 0 Å². The first kappa shape index (κ1) is 18.4. The fourth-order valence-corrected chi connectivity index (χ4v) is 3.52. The topological polar surface area (TPSA) is 58.1 Å². The third-order valence-corrected chi connectivity index (χ3v) is 5.03. The van der Waals surface area contributed by atoms with Crippen molar-refractivity contribution in [3.63, 3.8) is 0 Å². The summed E-state index contributed by atoms with van der Waals surface area (Å²) >= 11 is 0. The highest BCUT2D eigenvalue weighted by molar-refractivity contribution is 5.93. The number of aryl methyl sites for hydroxylation is 1. The normalized spacial score (nSPS) is 17.1. The van der Waals surface area contributed by atoms with Gasteiger partial charge < -0.3 is 10.2 Å². The minimum atomic E-state index is -0.102. The predicted octanol–water partition coefficient (Wildman–Crippen LogP) is 3.61.